The Morgan fingerprint density at radius 3 is 1.76 bits per heavy atom. The number of nitrogens with one attached hydrogen (secondary N) is 4. The van der Waals surface area contributed by atoms with Gasteiger partial charge in [-0.25, -0.2) is 9.59 Å². The van der Waals surface area contributed by atoms with E-state index in [2.05, 4.69) is 28.2 Å². The van der Waals surface area contributed by atoms with Gasteiger partial charge in [-0.3, -0.25) is 0 Å². The highest BCUT2D eigenvalue weighted by atomic mass is 16.2. The van der Waals surface area contributed by atoms with Crippen LogP contribution in [0.4, 0.5) is 21.0 Å². The minimum Gasteiger partial charge on any atom is -0.335 e. The van der Waals surface area contributed by atoms with Gasteiger partial charge in [-0.1, -0.05) is 42.3 Å². The molecule has 1 saturated carbocycles. The van der Waals surface area contributed by atoms with Crippen molar-refractivity contribution in [1.82, 2.24) is 10.6 Å². The molecular formula is C23H30N4O2. The second-order valence-electron chi connectivity index (χ2n) is 8.02. The first-order chi connectivity index (χ1) is 13.9. The maximum Gasteiger partial charge on any atom is 0.319 e. The van der Waals surface area contributed by atoms with Crippen LogP contribution in [0, 0.1) is 19.8 Å². The van der Waals surface area contributed by atoms with Crippen molar-refractivity contribution >= 4 is 23.4 Å². The molecule has 0 heterocycles. The van der Waals surface area contributed by atoms with Crippen LogP contribution in [-0.4, -0.2) is 24.1 Å². The predicted molar refractivity (Wildman–Crippen MR) is 117 cm³/mol. The van der Waals surface area contributed by atoms with Gasteiger partial charge >= 0.3 is 12.1 Å². The molecule has 2 aromatic carbocycles. The van der Waals surface area contributed by atoms with Crippen molar-refractivity contribution in [1.29, 1.82) is 0 Å². The third-order valence-electron chi connectivity index (χ3n) is 5.47. The summed E-state index contributed by atoms with van der Waals surface area (Å²) in [5.41, 5.74) is 3.83. The Kier molecular flexibility index (Phi) is 6.75. The van der Waals surface area contributed by atoms with Crippen molar-refractivity contribution in [3.63, 3.8) is 0 Å². The molecule has 4 N–H and O–H groups in total. The molecule has 0 spiro atoms. The average Bonchev–Trinajstić information content (AvgIpc) is 2.68. The van der Waals surface area contributed by atoms with Crippen molar-refractivity contribution < 1.29 is 9.59 Å². The number of urea groups is 2. The lowest BCUT2D eigenvalue weighted by Gasteiger charge is -2.35. The van der Waals surface area contributed by atoms with Gasteiger partial charge in [0, 0.05) is 23.5 Å². The van der Waals surface area contributed by atoms with Crippen LogP contribution >= 0.6 is 0 Å². The molecule has 1 aliphatic rings. The lowest BCUT2D eigenvalue weighted by molar-refractivity contribution is 0.213. The van der Waals surface area contributed by atoms with Gasteiger partial charge in [-0.2, -0.15) is 0 Å². The molecule has 3 atom stereocenters. The maximum atomic E-state index is 12.4. The van der Waals surface area contributed by atoms with E-state index in [0.717, 1.165) is 35.3 Å². The molecule has 1 fully saturated rings. The van der Waals surface area contributed by atoms with Gasteiger partial charge in [0.25, 0.3) is 0 Å². The summed E-state index contributed by atoms with van der Waals surface area (Å²) in [5.74, 6) is 0.358. The third-order valence-corrected chi connectivity index (χ3v) is 5.47. The van der Waals surface area contributed by atoms with Gasteiger partial charge in [-0.15, -0.1) is 0 Å². The summed E-state index contributed by atoms with van der Waals surface area (Å²) < 4.78 is 0. The van der Waals surface area contributed by atoms with Crippen molar-refractivity contribution in [3.05, 3.63) is 59.7 Å². The lowest BCUT2D eigenvalue weighted by Crippen LogP contribution is -2.50. The topological polar surface area (TPSA) is 82.3 Å². The Morgan fingerprint density at radius 1 is 0.759 bits per heavy atom. The molecule has 2 aromatic rings. The molecule has 1 aliphatic carbocycles. The van der Waals surface area contributed by atoms with E-state index in [-0.39, 0.29) is 24.1 Å². The van der Waals surface area contributed by atoms with Crippen molar-refractivity contribution in [2.75, 3.05) is 10.6 Å². The summed E-state index contributed by atoms with van der Waals surface area (Å²) in [6.07, 6.45) is 2.56. The van der Waals surface area contributed by atoms with E-state index in [9.17, 15) is 9.59 Å². The number of rotatable bonds is 4. The Morgan fingerprint density at radius 2 is 1.24 bits per heavy atom. The van der Waals surface area contributed by atoms with Crippen LogP contribution in [0.1, 0.15) is 37.3 Å². The molecular weight excluding hydrogens is 364 g/mol. The molecule has 29 heavy (non-hydrogen) atoms. The first kappa shape index (κ1) is 20.7. The molecule has 154 valence electrons. The maximum absolute atomic E-state index is 12.4. The van der Waals surface area contributed by atoms with Gasteiger partial charge in [0.05, 0.1) is 0 Å². The smallest absolute Gasteiger partial charge is 0.319 e. The molecule has 0 radical (unpaired) electrons. The molecule has 3 unspecified atom stereocenters. The number of carbonyl (C=O) groups excluding carboxylic acids is 2. The average molecular weight is 395 g/mol. The Hall–Kier alpha value is -3.02. The van der Waals surface area contributed by atoms with Gasteiger partial charge in [0.15, 0.2) is 0 Å². The molecule has 0 bridgehead atoms. The number of amides is 4. The van der Waals surface area contributed by atoms with E-state index < -0.39 is 0 Å². The van der Waals surface area contributed by atoms with E-state index in [0.29, 0.717) is 12.3 Å². The summed E-state index contributed by atoms with van der Waals surface area (Å²) in [4.78, 5) is 24.7. The van der Waals surface area contributed by atoms with Crippen molar-refractivity contribution in [3.8, 4) is 0 Å². The SMILES string of the molecule is Cc1ccc(NC(=O)NC2CCC(C)C(NC(=O)Nc3ccc(C)cc3)C2)cc1. The van der Waals surface area contributed by atoms with Crippen LogP contribution in [-0.2, 0) is 0 Å². The largest absolute Gasteiger partial charge is 0.335 e. The van der Waals surface area contributed by atoms with Crippen molar-refractivity contribution in [2.45, 2.75) is 52.1 Å². The summed E-state index contributed by atoms with van der Waals surface area (Å²) in [6, 6.07) is 15.0. The molecule has 6 nitrogen and oxygen atoms in total. The minimum atomic E-state index is -0.213. The fourth-order valence-electron chi connectivity index (χ4n) is 3.62. The number of anilines is 2. The summed E-state index contributed by atoms with van der Waals surface area (Å²) >= 11 is 0. The van der Waals surface area contributed by atoms with Crippen LogP contribution in [0.5, 0.6) is 0 Å². The number of hydrogen-bond donors (Lipinski definition) is 4. The van der Waals surface area contributed by atoms with Crippen LogP contribution in [0.3, 0.4) is 0 Å². The number of hydrogen-bond acceptors (Lipinski definition) is 2. The first-order valence-corrected chi connectivity index (χ1v) is 10.2. The zero-order chi connectivity index (χ0) is 20.8. The number of benzene rings is 2. The van der Waals surface area contributed by atoms with Gasteiger partial charge < -0.3 is 21.3 Å². The Labute approximate surface area is 172 Å². The highest BCUT2D eigenvalue weighted by molar-refractivity contribution is 5.90. The van der Waals surface area contributed by atoms with Gasteiger partial charge in [0.1, 0.15) is 0 Å². The highest BCUT2D eigenvalue weighted by Crippen LogP contribution is 2.25. The van der Waals surface area contributed by atoms with Gasteiger partial charge in [0.2, 0.25) is 0 Å². The number of carbonyl (C=O) groups is 2. The van der Waals surface area contributed by atoms with Crippen LogP contribution in [0.2, 0.25) is 0 Å². The van der Waals surface area contributed by atoms with E-state index >= 15 is 0 Å². The lowest BCUT2D eigenvalue weighted by atomic mass is 9.83. The molecule has 6 heteroatoms. The van der Waals surface area contributed by atoms with Crippen LogP contribution < -0.4 is 21.3 Å². The zero-order valence-corrected chi connectivity index (χ0v) is 17.3. The van der Waals surface area contributed by atoms with E-state index in [1.54, 1.807) is 0 Å². The molecule has 4 amide bonds. The minimum absolute atomic E-state index is 0.0128. The number of aryl methyl sites for hydroxylation is 2. The molecule has 0 saturated heterocycles. The monoisotopic (exact) mass is 394 g/mol. The van der Waals surface area contributed by atoms with E-state index in [4.69, 9.17) is 0 Å². The fourth-order valence-corrected chi connectivity index (χ4v) is 3.62. The summed E-state index contributed by atoms with van der Waals surface area (Å²) in [6.45, 7) is 6.16. The Balaban J connectivity index is 1.50. The second-order valence-corrected chi connectivity index (χ2v) is 8.02. The zero-order valence-electron chi connectivity index (χ0n) is 17.3. The molecule has 0 aromatic heterocycles. The summed E-state index contributed by atoms with van der Waals surface area (Å²) in [7, 11) is 0. The fraction of sp³-hybridized carbons (Fsp3) is 0.391. The predicted octanol–water partition coefficient (Wildman–Crippen LogP) is 4.80. The summed E-state index contributed by atoms with van der Waals surface area (Å²) in [5, 5.41) is 11.9. The first-order valence-electron chi connectivity index (χ1n) is 10.2. The Bertz CT molecular complexity index is 833. The molecule has 0 aliphatic heterocycles. The van der Waals surface area contributed by atoms with E-state index in [1.165, 1.54) is 0 Å². The standard InChI is InChI=1S/C23H30N4O2/c1-15-4-9-18(10-5-15)24-22(28)26-20-13-8-17(3)21(14-20)27-23(29)25-19-11-6-16(2)7-12-19/h4-7,9-12,17,20-21H,8,13-14H2,1-3H3,(H2,24,26,28)(H2,25,27,29). The highest BCUT2D eigenvalue weighted by Gasteiger charge is 2.29. The molecule has 3 rings (SSSR count). The van der Waals surface area contributed by atoms with Crippen LogP contribution in [0.25, 0.3) is 0 Å². The van der Waals surface area contributed by atoms with E-state index in [1.807, 2.05) is 62.4 Å². The van der Waals surface area contributed by atoms with Crippen molar-refractivity contribution in [2.24, 2.45) is 5.92 Å². The second kappa shape index (κ2) is 9.45. The van der Waals surface area contributed by atoms with Gasteiger partial charge in [-0.05, 0) is 63.3 Å². The van der Waals surface area contributed by atoms with Crippen LogP contribution in [0.15, 0.2) is 48.5 Å². The quantitative estimate of drug-likeness (QED) is 0.600. The third kappa shape index (κ3) is 6.24. The normalized spacial score (nSPS) is 21.1.